The number of rotatable bonds is 4. The van der Waals surface area contributed by atoms with Crippen LogP contribution in [0.2, 0.25) is 0 Å². The van der Waals surface area contributed by atoms with Crippen molar-refractivity contribution in [2.24, 2.45) is 0 Å². The van der Waals surface area contributed by atoms with E-state index < -0.39 is 12.1 Å². The average molecular weight is 328 g/mol. The van der Waals surface area contributed by atoms with Crippen molar-refractivity contribution in [2.75, 3.05) is 7.11 Å². The van der Waals surface area contributed by atoms with Gasteiger partial charge in [0.2, 0.25) is 5.78 Å². The number of Topliss-reactive ketones (excluding diaryl/α,β-unsaturated/α-hetero) is 1. The molecule has 1 aromatic carbocycles. The van der Waals surface area contributed by atoms with E-state index >= 15 is 0 Å². The van der Waals surface area contributed by atoms with Crippen LogP contribution in [0.15, 0.2) is 40.7 Å². The number of allylic oxidation sites excluding steroid dienone is 1. The maximum atomic E-state index is 12.4. The van der Waals surface area contributed by atoms with Crippen LogP contribution in [0.3, 0.4) is 0 Å². The molecule has 0 aliphatic carbocycles. The zero-order chi connectivity index (χ0) is 17.3. The van der Waals surface area contributed by atoms with Crippen molar-refractivity contribution in [3.8, 4) is 11.5 Å². The molecule has 1 aliphatic rings. The standard InChI is InChI=1S/C18H16O6/c1-10-14(23-11(2)18(20)21-3)7-6-13-16(19)15(24-17(10)13)9-12-5-4-8-22-12/h4-9,11H,1-3H3/b15-9-/t11-/m1/s1. The van der Waals surface area contributed by atoms with Gasteiger partial charge in [0.05, 0.1) is 18.9 Å². The summed E-state index contributed by atoms with van der Waals surface area (Å²) in [6.07, 6.45) is 2.30. The Morgan fingerprint density at radius 3 is 2.75 bits per heavy atom. The summed E-state index contributed by atoms with van der Waals surface area (Å²) in [7, 11) is 1.30. The molecule has 3 rings (SSSR count). The first-order valence-electron chi connectivity index (χ1n) is 7.37. The van der Waals surface area contributed by atoms with E-state index in [-0.39, 0.29) is 11.5 Å². The molecule has 0 saturated heterocycles. The number of methoxy groups -OCH3 is 1. The Labute approximate surface area is 138 Å². The van der Waals surface area contributed by atoms with Crippen molar-refractivity contribution in [1.29, 1.82) is 0 Å². The van der Waals surface area contributed by atoms with Gasteiger partial charge in [-0.15, -0.1) is 0 Å². The minimum Gasteiger partial charge on any atom is -0.479 e. The average Bonchev–Trinajstić information content (AvgIpc) is 3.19. The van der Waals surface area contributed by atoms with Gasteiger partial charge in [-0.2, -0.15) is 0 Å². The second-order valence-electron chi connectivity index (χ2n) is 5.30. The second-order valence-corrected chi connectivity index (χ2v) is 5.30. The first-order valence-corrected chi connectivity index (χ1v) is 7.37. The van der Waals surface area contributed by atoms with Crippen LogP contribution >= 0.6 is 0 Å². The zero-order valence-electron chi connectivity index (χ0n) is 13.5. The molecule has 1 aromatic heterocycles. The van der Waals surface area contributed by atoms with Crippen molar-refractivity contribution < 1.29 is 28.2 Å². The Morgan fingerprint density at radius 1 is 1.29 bits per heavy atom. The van der Waals surface area contributed by atoms with Gasteiger partial charge < -0.3 is 18.6 Å². The molecule has 0 amide bonds. The summed E-state index contributed by atoms with van der Waals surface area (Å²) in [6, 6.07) is 6.72. The Bertz CT molecular complexity index is 816. The number of esters is 1. The van der Waals surface area contributed by atoms with Crippen LogP contribution in [-0.2, 0) is 9.53 Å². The topological polar surface area (TPSA) is 75.0 Å². The predicted octanol–water partition coefficient (Wildman–Crippen LogP) is 3.14. The molecule has 0 fully saturated rings. The maximum Gasteiger partial charge on any atom is 0.346 e. The third kappa shape index (κ3) is 2.78. The van der Waals surface area contributed by atoms with Gasteiger partial charge in [0.1, 0.15) is 17.3 Å². The van der Waals surface area contributed by atoms with Crippen molar-refractivity contribution >= 4 is 17.8 Å². The van der Waals surface area contributed by atoms with Gasteiger partial charge >= 0.3 is 5.97 Å². The first kappa shape index (κ1) is 15.9. The fraction of sp³-hybridized carbons (Fsp3) is 0.222. The molecule has 2 aromatic rings. The van der Waals surface area contributed by atoms with Crippen LogP contribution in [-0.4, -0.2) is 25.0 Å². The monoisotopic (exact) mass is 328 g/mol. The van der Waals surface area contributed by atoms with Gasteiger partial charge in [-0.05, 0) is 38.1 Å². The van der Waals surface area contributed by atoms with Crippen molar-refractivity contribution in [3.63, 3.8) is 0 Å². The molecule has 0 unspecified atom stereocenters. The molecular formula is C18H16O6. The van der Waals surface area contributed by atoms with E-state index in [4.69, 9.17) is 13.9 Å². The van der Waals surface area contributed by atoms with Crippen LogP contribution in [0, 0.1) is 6.92 Å². The molecule has 6 heteroatoms. The Kier molecular flexibility index (Phi) is 4.12. The molecule has 0 bridgehead atoms. The SMILES string of the molecule is COC(=O)[C@@H](C)Oc1ccc2c(c1C)O/C(=C\c1ccco1)C2=O. The van der Waals surface area contributed by atoms with Gasteiger partial charge in [-0.1, -0.05) is 0 Å². The summed E-state index contributed by atoms with van der Waals surface area (Å²) < 4.78 is 21.1. The van der Waals surface area contributed by atoms with E-state index in [1.165, 1.54) is 13.4 Å². The van der Waals surface area contributed by atoms with Crippen molar-refractivity contribution in [1.82, 2.24) is 0 Å². The second kappa shape index (κ2) is 6.23. The quantitative estimate of drug-likeness (QED) is 0.634. The molecule has 124 valence electrons. The highest BCUT2D eigenvalue weighted by atomic mass is 16.6. The fourth-order valence-electron chi connectivity index (χ4n) is 2.40. The Morgan fingerprint density at radius 2 is 2.08 bits per heavy atom. The van der Waals surface area contributed by atoms with Gasteiger partial charge in [0.25, 0.3) is 0 Å². The number of hydrogen-bond donors (Lipinski definition) is 0. The van der Waals surface area contributed by atoms with E-state index in [0.717, 1.165) is 0 Å². The third-order valence-electron chi connectivity index (χ3n) is 3.69. The molecule has 0 N–H and O–H groups in total. The number of carbonyl (C=O) groups is 2. The van der Waals surface area contributed by atoms with Crippen LogP contribution in [0.25, 0.3) is 6.08 Å². The summed E-state index contributed by atoms with van der Waals surface area (Å²) in [6.45, 7) is 3.36. The lowest BCUT2D eigenvalue weighted by atomic mass is 10.1. The van der Waals surface area contributed by atoms with E-state index in [1.807, 2.05) is 0 Å². The number of ether oxygens (including phenoxy) is 3. The molecule has 2 heterocycles. The van der Waals surface area contributed by atoms with Gasteiger partial charge in [-0.25, -0.2) is 4.79 Å². The van der Waals surface area contributed by atoms with Crippen LogP contribution < -0.4 is 9.47 Å². The minimum atomic E-state index is -0.762. The highest BCUT2D eigenvalue weighted by Gasteiger charge is 2.31. The van der Waals surface area contributed by atoms with E-state index in [1.54, 1.807) is 44.2 Å². The summed E-state index contributed by atoms with van der Waals surface area (Å²) in [5.41, 5.74) is 1.09. The summed E-state index contributed by atoms with van der Waals surface area (Å²) in [4.78, 5) is 23.9. The zero-order valence-corrected chi connectivity index (χ0v) is 13.5. The molecule has 0 saturated carbocycles. The molecule has 1 aliphatic heterocycles. The summed E-state index contributed by atoms with van der Waals surface area (Å²) in [5.74, 6) is 0.884. The van der Waals surface area contributed by atoms with Crippen molar-refractivity contribution in [3.05, 3.63) is 53.2 Å². The van der Waals surface area contributed by atoms with Crippen LogP contribution in [0.1, 0.15) is 28.6 Å². The maximum absolute atomic E-state index is 12.4. The van der Waals surface area contributed by atoms with Gasteiger partial charge in [-0.3, -0.25) is 4.79 Å². The number of hydrogen-bond acceptors (Lipinski definition) is 6. The number of fused-ring (bicyclic) bond motifs is 1. The van der Waals surface area contributed by atoms with Crippen molar-refractivity contribution in [2.45, 2.75) is 20.0 Å². The number of furan rings is 1. The Balaban J connectivity index is 1.89. The summed E-state index contributed by atoms with van der Waals surface area (Å²) in [5, 5.41) is 0. The van der Waals surface area contributed by atoms with E-state index in [2.05, 4.69) is 4.74 Å². The molecule has 0 radical (unpaired) electrons. The first-order chi connectivity index (χ1) is 11.5. The van der Waals surface area contributed by atoms with Crippen LogP contribution in [0.5, 0.6) is 11.5 Å². The third-order valence-corrected chi connectivity index (χ3v) is 3.69. The molecular weight excluding hydrogens is 312 g/mol. The minimum absolute atomic E-state index is 0.182. The normalized spacial score (nSPS) is 15.8. The largest absolute Gasteiger partial charge is 0.479 e. The van der Waals surface area contributed by atoms with E-state index in [0.29, 0.717) is 28.4 Å². The smallest absolute Gasteiger partial charge is 0.346 e. The molecule has 1 atom stereocenters. The molecule has 24 heavy (non-hydrogen) atoms. The fourth-order valence-corrected chi connectivity index (χ4v) is 2.40. The number of benzene rings is 1. The lowest BCUT2D eigenvalue weighted by Crippen LogP contribution is -2.25. The molecule has 6 nitrogen and oxygen atoms in total. The Hall–Kier alpha value is -3.02. The highest BCUT2D eigenvalue weighted by molar-refractivity contribution is 6.14. The van der Waals surface area contributed by atoms with Crippen LogP contribution in [0.4, 0.5) is 0 Å². The van der Waals surface area contributed by atoms with Gasteiger partial charge in [0, 0.05) is 11.6 Å². The van der Waals surface area contributed by atoms with Gasteiger partial charge in [0.15, 0.2) is 11.9 Å². The summed E-state index contributed by atoms with van der Waals surface area (Å²) >= 11 is 0. The van der Waals surface area contributed by atoms with E-state index in [9.17, 15) is 9.59 Å². The lowest BCUT2D eigenvalue weighted by molar-refractivity contribution is -0.147. The number of ketones is 1. The number of carbonyl (C=O) groups excluding carboxylic acids is 2. The lowest BCUT2D eigenvalue weighted by Gasteiger charge is -2.15. The highest BCUT2D eigenvalue weighted by Crippen LogP contribution is 2.39. The molecule has 0 spiro atoms. The predicted molar refractivity (Wildman–Crippen MR) is 84.9 cm³/mol.